The fraction of sp³-hybridized carbons (Fsp3) is 0. The molecule has 0 heterocycles. The Balaban J connectivity index is 2.54. The molecule has 0 aliphatic rings. The number of hydrogen-bond acceptors (Lipinski definition) is 0. The SMILES string of the molecule is PPP(Cl)Cl. The van der Waals surface area contributed by atoms with Gasteiger partial charge < -0.3 is 0 Å². The van der Waals surface area contributed by atoms with Crippen molar-refractivity contribution in [1.29, 1.82) is 0 Å². The van der Waals surface area contributed by atoms with Gasteiger partial charge in [0, 0.05) is 0 Å². The average Bonchev–Trinajstić information content (AvgIpc) is 1.38. The third-order valence-electron chi connectivity index (χ3n) is 0.0976. The standard InChI is InChI=1S/Cl2H3P3/c1-5(2)4-3/h4H,3H2. The molecule has 0 rings (SSSR count). The summed E-state index contributed by atoms with van der Waals surface area (Å²) in [6.45, 7) is 0. The molecule has 0 aromatic carbocycles. The van der Waals surface area contributed by atoms with Crippen molar-refractivity contribution in [3.8, 4) is 0 Å². The van der Waals surface area contributed by atoms with Crippen molar-refractivity contribution in [3.63, 3.8) is 0 Å². The summed E-state index contributed by atoms with van der Waals surface area (Å²) < 4.78 is 0. The summed E-state index contributed by atoms with van der Waals surface area (Å²) in [5.74, 6) is 0. The first-order valence-corrected chi connectivity index (χ1v) is 7.65. The van der Waals surface area contributed by atoms with E-state index in [1.165, 1.54) is 0 Å². The Bertz CT molecular complexity index is 18.9. The molecule has 2 atom stereocenters. The van der Waals surface area contributed by atoms with Gasteiger partial charge in [0.1, 0.15) is 6.32 Å². The lowest BCUT2D eigenvalue weighted by molar-refractivity contribution is 4.67. The predicted molar refractivity (Wildman–Crippen MR) is 36.7 cm³/mol. The zero-order chi connectivity index (χ0) is 4.28. The fourth-order valence-electron chi connectivity index (χ4n) is 0. The molecule has 5 heteroatoms. The molecule has 0 amide bonds. The maximum Gasteiger partial charge on any atom is 0.110 e. The summed E-state index contributed by atoms with van der Waals surface area (Å²) in [4.78, 5) is 0. The van der Waals surface area contributed by atoms with Crippen LogP contribution in [0.15, 0.2) is 0 Å². The van der Waals surface area contributed by atoms with Crippen LogP contribution >= 0.6 is 45.7 Å². The van der Waals surface area contributed by atoms with Crippen LogP contribution in [0.3, 0.4) is 0 Å². The smallest absolute Gasteiger partial charge is 0.108 e. The second kappa shape index (κ2) is 4.04. The first kappa shape index (κ1) is 6.87. The molecule has 2 unspecified atom stereocenters. The van der Waals surface area contributed by atoms with Crippen molar-refractivity contribution in [2.75, 3.05) is 0 Å². The van der Waals surface area contributed by atoms with Crippen LogP contribution in [-0.4, -0.2) is 0 Å². The Morgan fingerprint density at radius 2 is 1.80 bits per heavy atom. The van der Waals surface area contributed by atoms with Crippen molar-refractivity contribution >= 4 is 45.7 Å². The molecule has 0 aliphatic heterocycles. The van der Waals surface area contributed by atoms with Crippen LogP contribution in [0.2, 0.25) is 0 Å². The van der Waals surface area contributed by atoms with Gasteiger partial charge in [0.2, 0.25) is 0 Å². The summed E-state index contributed by atoms with van der Waals surface area (Å²) in [6.07, 6.45) is -0.663. The Hall–Kier alpha value is 1.87. The Morgan fingerprint density at radius 1 is 1.60 bits per heavy atom. The first-order valence-electron chi connectivity index (χ1n) is 0.850. The van der Waals surface area contributed by atoms with E-state index in [4.69, 9.17) is 22.5 Å². The molecule has 32 valence electrons. The molecule has 0 aromatic heterocycles. The molecular formula is H3Cl2P3. The largest absolute Gasteiger partial charge is 0.110 e. The van der Waals surface area contributed by atoms with E-state index in [9.17, 15) is 0 Å². The van der Waals surface area contributed by atoms with Crippen molar-refractivity contribution < 1.29 is 0 Å². The molecule has 5 heavy (non-hydrogen) atoms. The molecule has 0 nitrogen and oxygen atoms in total. The number of rotatable bonds is 1. The maximum absolute atomic E-state index is 5.28. The maximum atomic E-state index is 5.28. The van der Waals surface area contributed by atoms with Crippen LogP contribution < -0.4 is 0 Å². The monoisotopic (exact) mass is 166 g/mol. The van der Waals surface area contributed by atoms with Crippen LogP contribution in [0, 0.1) is 0 Å². The normalized spacial score (nSPS) is 12.0. The highest BCUT2D eigenvalue weighted by molar-refractivity contribution is 8.59. The van der Waals surface area contributed by atoms with Gasteiger partial charge in [-0.2, -0.15) is 0 Å². The van der Waals surface area contributed by atoms with E-state index in [1.54, 1.807) is 0 Å². The van der Waals surface area contributed by atoms with E-state index in [-0.39, 0.29) is 0 Å². The molecule has 0 radical (unpaired) electrons. The summed E-state index contributed by atoms with van der Waals surface area (Å²) in [6, 6.07) is 0. The van der Waals surface area contributed by atoms with Gasteiger partial charge in [0.15, 0.2) is 0 Å². The number of halogens is 2. The molecular weight excluding hydrogens is 164 g/mol. The van der Waals surface area contributed by atoms with Crippen molar-refractivity contribution in [3.05, 3.63) is 0 Å². The van der Waals surface area contributed by atoms with Gasteiger partial charge in [-0.3, -0.25) is 0 Å². The van der Waals surface area contributed by atoms with Gasteiger partial charge in [0.05, 0.1) is 0 Å². The summed E-state index contributed by atoms with van der Waals surface area (Å²) in [5, 5.41) is 0. The van der Waals surface area contributed by atoms with Crippen LogP contribution in [0.5, 0.6) is 0 Å². The lowest BCUT2D eigenvalue weighted by Gasteiger charge is -1.84. The van der Waals surface area contributed by atoms with E-state index in [0.29, 0.717) is 7.96 Å². The van der Waals surface area contributed by atoms with Crippen molar-refractivity contribution in [2.45, 2.75) is 0 Å². The van der Waals surface area contributed by atoms with Crippen LogP contribution in [0.25, 0.3) is 0 Å². The average molecular weight is 167 g/mol. The van der Waals surface area contributed by atoms with Gasteiger partial charge in [-0.05, 0) is 7.96 Å². The minimum Gasteiger partial charge on any atom is -0.108 e. The van der Waals surface area contributed by atoms with Gasteiger partial charge >= 0.3 is 0 Å². The molecule has 0 aromatic rings. The highest BCUT2D eigenvalue weighted by Gasteiger charge is 1.86. The highest BCUT2D eigenvalue weighted by Crippen LogP contribution is 2.67. The van der Waals surface area contributed by atoms with E-state index in [2.05, 4.69) is 8.93 Å². The van der Waals surface area contributed by atoms with E-state index >= 15 is 0 Å². The minimum absolute atomic E-state index is 0.627. The second-order valence-electron chi connectivity index (χ2n) is 0.362. The molecule has 0 saturated heterocycles. The van der Waals surface area contributed by atoms with Gasteiger partial charge in [-0.1, -0.05) is 22.5 Å². The predicted octanol–water partition coefficient (Wildman–Crippen LogP) is 3.16. The van der Waals surface area contributed by atoms with Crippen LogP contribution in [0.4, 0.5) is 0 Å². The molecule has 0 saturated carbocycles. The molecule has 0 bridgehead atoms. The van der Waals surface area contributed by atoms with Crippen molar-refractivity contribution in [2.24, 2.45) is 0 Å². The molecule has 0 aliphatic carbocycles. The van der Waals surface area contributed by atoms with E-state index in [1.807, 2.05) is 0 Å². The van der Waals surface area contributed by atoms with Gasteiger partial charge in [-0.15, -0.1) is 8.93 Å². The zero-order valence-corrected chi connectivity index (χ0v) is 6.84. The van der Waals surface area contributed by atoms with E-state index < -0.39 is 6.32 Å². The third kappa shape index (κ3) is 5.87. The Morgan fingerprint density at radius 3 is 1.80 bits per heavy atom. The zero-order valence-electron chi connectivity index (χ0n) is 2.28. The summed E-state index contributed by atoms with van der Waals surface area (Å²) in [7, 11) is 3.11. The fourth-order valence-corrected chi connectivity index (χ4v) is 0. The Kier molecular flexibility index (Phi) is 5.55. The van der Waals surface area contributed by atoms with Crippen LogP contribution in [0.1, 0.15) is 0 Å². The quantitative estimate of drug-likeness (QED) is 0.526. The second-order valence-corrected chi connectivity index (χ2v) is 9.77. The van der Waals surface area contributed by atoms with Gasteiger partial charge in [-0.25, -0.2) is 0 Å². The molecule has 0 spiro atoms. The minimum atomic E-state index is -0.663. The van der Waals surface area contributed by atoms with E-state index in [0.717, 1.165) is 0 Å². The summed E-state index contributed by atoms with van der Waals surface area (Å²) in [5.41, 5.74) is 0. The molecule has 0 fully saturated rings. The topological polar surface area (TPSA) is 0 Å². The third-order valence-corrected chi connectivity index (χ3v) is 7.90. The number of hydrogen-bond donors (Lipinski definition) is 0. The van der Waals surface area contributed by atoms with Gasteiger partial charge in [0.25, 0.3) is 0 Å². The molecule has 0 N–H and O–H groups in total. The first-order chi connectivity index (χ1) is 2.27. The Labute approximate surface area is 46.1 Å². The summed E-state index contributed by atoms with van der Waals surface area (Å²) >= 11 is 10.6. The lowest BCUT2D eigenvalue weighted by Crippen LogP contribution is -1.03. The highest BCUT2D eigenvalue weighted by atomic mass is 35.9. The lowest BCUT2D eigenvalue weighted by atomic mass is 29.5. The van der Waals surface area contributed by atoms with Crippen molar-refractivity contribution in [1.82, 2.24) is 0 Å². The van der Waals surface area contributed by atoms with Crippen LogP contribution in [-0.2, 0) is 0 Å².